The van der Waals surface area contributed by atoms with Crippen LogP contribution in [0.15, 0.2) is 116 Å². The van der Waals surface area contributed by atoms with Crippen molar-refractivity contribution in [1.82, 2.24) is 20.2 Å². The molecule has 0 saturated heterocycles. The summed E-state index contributed by atoms with van der Waals surface area (Å²) in [4.78, 5) is 8.78. The van der Waals surface area contributed by atoms with Crippen molar-refractivity contribution < 1.29 is 4.74 Å². The van der Waals surface area contributed by atoms with Crippen LogP contribution >= 0.6 is 0 Å². The van der Waals surface area contributed by atoms with Crippen LogP contribution in [0.25, 0.3) is 33.2 Å². The van der Waals surface area contributed by atoms with Crippen molar-refractivity contribution in [1.29, 1.82) is 0 Å². The lowest BCUT2D eigenvalue weighted by molar-refractivity contribution is 0.465. The van der Waals surface area contributed by atoms with Crippen LogP contribution in [0.4, 0.5) is 5.82 Å². The van der Waals surface area contributed by atoms with E-state index in [-0.39, 0.29) is 0 Å². The number of fused-ring (bicyclic) bond motifs is 1. The van der Waals surface area contributed by atoms with Crippen molar-refractivity contribution in [2.75, 3.05) is 12.4 Å². The van der Waals surface area contributed by atoms with E-state index in [4.69, 9.17) is 4.74 Å². The van der Waals surface area contributed by atoms with Gasteiger partial charge in [-0.1, -0.05) is 66.7 Å². The van der Waals surface area contributed by atoms with Gasteiger partial charge in [-0.05, 0) is 47.5 Å². The molecule has 0 saturated carbocycles. The normalized spacial score (nSPS) is 10.9. The zero-order valence-corrected chi connectivity index (χ0v) is 20.9. The average molecular weight is 496 g/mol. The molecule has 184 valence electrons. The molecule has 3 aromatic carbocycles. The number of nitrogens with one attached hydrogen (secondary N) is 1. The van der Waals surface area contributed by atoms with E-state index in [9.17, 15) is 0 Å². The highest BCUT2D eigenvalue weighted by Gasteiger charge is 2.13. The molecule has 0 amide bonds. The molecule has 1 N–H and O–H groups in total. The first-order valence-corrected chi connectivity index (χ1v) is 12.4. The summed E-state index contributed by atoms with van der Waals surface area (Å²) in [5, 5.41) is 14.5. The predicted octanol–water partition coefficient (Wildman–Crippen LogP) is 7.18. The number of ether oxygens (including phenoxy) is 1. The molecule has 6 aromatic rings. The Morgan fingerprint density at radius 2 is 1.47 bits per heavy atom. The first-order valence-electron chi connectivity index (χ1n) is 12.4. The molecule has 0 aliphatic carbocycles. The van der Waals surface area contributed by atoms with E-state index in [1.54, 1.807) is 12.4 Å². The van der Waals surface area contributed by atoms with Crippen molar-refractivity contribution in [2.45, 2.75) is 6.42 Å². The number of hydrogen-bond donors (Lipinski definition) is 1. The lowest BCUT2D eigenvalue weighted by Gasteiger charge is -2.12. The Kier molecular flexibility index (Phi) is 6.43. The third-order valence-electron chi connectivity index (χ3n) is 6.42. The monoisotopic (exact) mass is 495 g/mol. The van der Waals surface area contributed by atoms with E-state index >= 15 is 0 Å². The standard InChI is InChI=1S/C32H25N5O/c1-33-30-21-24(17-19-34-30)26-12-7-18-35-32(26)38-25-15-13-22(14-16-25)20-29-27-10-5-6-11-28(27)31(37-36-29)23-8-3-2-4-9-23/h2-19,21H,20H2,1H3,(H,33,34). The smallest absolute Gasteiger partial charge is 0.227 e. The summed E-state index contributed by atoms with van der Waals surface area (Å²) in [6.07, 6.45) is 4.17. The number of aromatic nitrogens is 4. The third-order valence-corrected chi connectivity index (χ3v) is 6.42. The quantitative estimate of drug-likeness (QED) is 0.253. The molecule has 6 heteroatoms. The zero-order chi connectivity index (χ0) is 25.7. The van der Waals surface area contributed by atoms with Crippen molar-refractivity contribution in [3.63, 3.8) is 0 Å². The maximum atomic E-state index is 6.20. The molecular weight excluding hydrogens is 470 g/mol. The minimum Gasteiger partial charge on any atom is -0.438 e. The van der Waals surface area contributed by atoms with Crippen LogP contribution < -0.4 is 10.1 Å². The third kappa shape index (κ3) is 4.80. The second kappa shape index (κ2) is 10.5. The highest BCUT2D eigenvalue weighted by atomic mass is 16.5. The van der Waals surface area contributed by atoms with Crippen LogP contribution in [0.5, 0.6) is 11.6 Å². The van der Waals surface area contributed by atoms with Gasteiger partial charge in [0.25, 0.3) is 0 Å². The van der Waals surface area contributed by atoms with Gasteiger partial charge in [0.2, 0.25) is 5.88 Å². The molecule has 0 radical (unpaired) electrons. The van der Waals surface area contributed by atoms with Gasteiger partial charge < -0.3 is 10.1 Å². The van der Waals surface area contributed by atoms with Gasteiger partial charge in [0.1, 0.15) is 17.3 Å². The topological polar surface area (TPSA) is 72.8 Å². The number of rotatable bonds is 7. The summed E-state index contributed by atoms with van der Waals surface area (Å²) >= 11 is 0. The molecule has 6 nitrogen and oxygen atoms in total. The molecule has 0 spiro atoms. The summed E-state index contributed by atoms with van der Waals surface area (Å²) in [5.74, 6) is 2.04. The number of benzene rings is 3. The Morgan fingerprint density at radius 1 is 0.684 bits per heavy atom. The molecule has 0 aliphatic rings. The van der Waals surface area contributed by atoms with Crippen LogP contribution in [0.2, 0.25) is 0 Å². The van der Waals surface area contributed by atoms with Crippen molar-refractivity contribution >= 4 is 16.6 Å². The maximum absolute atomic E-state index is 6.20. The molecule has 0 unspecified atom stereocenters. The summed E-state index contributed by atoms with van der Waals surface area (Å²) in [5.41, 5.74) is 5.91. The summed E-state index contributed by atoms with van der Waals surface area (Å²) in [7, 11) is 1.85. The van der Waals surface area contributed by atoms with Crippen LogP contribution in [0.3, 0.4) is 0 Å². The summed E-state index contributed by atoms with van der Waals surface area (Å²) in [6, 6.07) is 34.4. The van der Waals surface area contributed by atoms with Gasteiger partial charge in [0, 0.05) is 47.8 Å². The zero-order valence-electron chi connectivity index (χ0n) is 20.9. The van der Waals surface area contributed by atoms with E-state index < -0.39 is 0 Å². The summed E-state index contributed by atoms with van der Waals surface area (Å²) < 4.78 is 6.20. The van der Waals surface area contributed by atoms with Crippen molar-refractivity contribution in [3.05, 3.63) is 127 Å². The Labute approximate surface area is 221 Å². The van der Waals surface area contributed by atoms with Gasteiger partial charge in [-0.15, -0.1) is 5.10 Å². The molecule has 0 bridgehead atoms. The number of anilines is 1. The largest absolute Gasteiger partial charge is 0.438 e. The lowest BCUT2D eigenvalue weighted by Crippen LogP contribution is -1.99. The molecular formula is C32H25N5O. The van der Waals surface area contributed by atoms with Gasteiger partial charge in [0.05, 0.1) is 5.69 Å². The second-order valence-corrected chi connectivity index (χ2v) is 8.87. The van der Waals surface area contributed by atoms with E-state index in [0.717, 1.165) is 50.2 Å². The SMILES string of the molecule is CNc1cc(-c2cccnc2Oc2ccc(Cc3nnc(-c4ccccc4)c4ccccc34)cc2)ccn1. The molecule has 0 aliphatic heterocycles. The molecule has 0 fully saturated rings. The molecule has 3 aromatic heterocycles. The fourth-order valence-corrected chi connectivity index (χ4v) is 4.51. The Morgan fingerprint density at radius 3 is 2.29 bits per heavy atom. The van der Waals surface area contributed by atoms with E-state index in [1.807, 2.05) is 73.8 Å². The van der Waals surface area contributed by atoms with Crippen LogP contribution in [-0.4, -0.2) is 27.2 Å². The van der Waals surface area contributed by atoms with E-state index in [0.29, 0.717) is 18.1 Å². The van der Waals surface area contributed by atoms with Crippen LogP contribution in [0.1, 0.15) is 11.3 Å². The van der Waals surface area contributed by atoms with E-state index in [2.05, 4.69) is 61.9 Å². The Balaban J connectivity index is 1.25. The van der Waals surface area contributed by atoms with Crippen LogP contribution in [0, 0.1) is 0 Å². The van der Waals surface area contributed by atoms with Gasteiger partial charge in [-0.25, -0.2) is 9.97 Å². The fourth-order valence-electron chi connectivity index (χ4n) is 4.51. The molecule has 0 atom stereocenters. The highest BCUT2D eigenvalue weighted by molar-refractivity contribution is 5.95. The molecule has 6 rings (SSSR count). The summed E-state index contributed by atoms with van der Waals surface area (Å²) in [6.45, 7) is 0. The van der Waals surface area contributed by atoms with Crippen molar-refractivity contribution in [2.24, 2.45) is 0 Å². The van der Waals surface area contributed by atoms with Gasteiger partial charge >= 0.3 is 0 Å². The highest BCUT2D eigenvalue weighted by Crippen LogP contribution is 2.33. The maximum Gasteiger partial charge on any atom is 0.227 e. The van der Waals surface area contributed by atoms with E-state index in [1.165, 1.54) is 0 Å². The number of pyridine rings is 2. The molecule has 38 heavy (non-hydrogen) atoms. The van der Waals surface area contributed by atoms with Crippen molar-refractivity contribution in [3.8, 4) is 34.0 Å². The first kappa shape index (κ1) is 23.3. The van der Waals surface area contributed by atoms with Gasteiger partial charge in [-0.2, -0.15) is 5.10 Å². The second-order valence-electron chi connectivity index (χ2n) is 8.87. The minimum atomic E-state index is 0.543. The lowest BCUT2D eigenvalue weighted by atomic mass is 10.0. The average Bonchev–Trinajstić information content (AvgIpc) is 2.99. The number of nitrogens with zero attached hydrogens (tertiary/aromatic N) is 4. The van der Waals surface area contributed by atoms with Crippen LogP contribution in [-0.2, 0) is 6.42 Å². The van der Waals surface area contributed by atoms with Gasteiger partial charge in [-0.3, -0.25) is 0 Å². The Bertz CT molecular complexity index is 1700. The first-order chi connectivity index (χ1) is 18.8. The van der Waals surface area contributed by atoms with Gasteiger partial charge in [0.15, 0.2) is 0 Å². The number of hydrogen-bond acceptors (Lipinski definition) is 6. The predicted molar refractivity (Wildman–Crippen MR) is 151 cm³/mol. The Hall–Kier alpha value is -5.10. The fraction of sp³-hybridized carbons (Fsp3) is 0.0625. The molecule has 3 heterocycles. The minimum absolute atomic E-state index is 0.543.